The van der Waals surface area contributed by atoms with Crippen molar-refractivity contribution in [2.24, 2.45) is 0 Å². The van der Waals surface area contributed by atoms with E-state index in [0.29, 0.717) is 5.56 Å². The smallest absolute Gasteiger partial charge is 0.337 e. The second-order valence-electron chi connectivity index (χ2n) is 7.59. The number of aliphatic hydroxyl groups excluding tert-OH is 1. The summed E-state index contributed by atoms with van der Waals surface area (Å²) in [6.07, 6.45) is 0. The van der Waals surface area contributed by atoms with Crippen molar-refractivity contribution in [3.63, 3.8) is 0 Å². The topological polar surface area (TPSA) is 93.1 Å². The van der Waals surface area contributed by atoms with E-state index < -0.39 is 29.5 Å². The van der Waals surface area contributed by atoms with Crippen LogP contribution in [0.25, 0.3) is 5.76 Å². The van der Waals surface area contributed by atoms with Crippen LogP contribution in [0.4, 0.5) is 5.69 Å². The largest absolute Gasteiger partial charge is 0.507 e. The van der Waals surface area contributed by atoms with Crippen molar-refractivity contribution in [2.75, 3.05) is 19.1 Å². The van der Waals surface area contributed by atoms with Gasteiger partial charge in [0.25, 0.3) is 11.7 Å². The number of Topliss-reactive ketones (excluding diaryl/α,β-unsaturated/α-hetero) is 1. The molecule has 1 unspecified atom stereocenters. The number of methoxy groups -OCH3 is 2. The van der Waals surface area contributed by atoms with Crippen LogP contribution in [0.15, 0.2) is 72.3 Å². The van der Waals surface area contributed by atoms with E-state index in [9.17, 15) is 19.5 Å². The lowest BCUT2D eigenvalue weighted by Crippen LogP contribution is -2.29. The van der Waals surface area contributed by atoms with Crippen molar-refractivity contribution in [1.82, 2.24) is 0 Å². The van der Waals surface area contributed by atoms with E-state index in [1.807, 2.05) is 0 Å². The molecule has 3 aromatic carbocycles. The summed E-state index contributed by atoms with van der Waals surface area (Å²) in [6, 6.07) is 16.7. The molecule has 0 bridgehead atoms. The quantitative estimate of drug-likeness (QED) is 0.213. The fraction of sp³-hybridized carbons (Fsp3) is 0.115. The van der Waals surface area contributed by atoms with Crippen molar-refractivity contribution in [2.45, 2.75) is 6.04 Å². The number of halogens is 2. The zero-order valence-corrected chi connectivity index (χ0v) is 20.1. The van der Waals surface area contributed by atoms with Crippen molar-refractivity contribution in [1.29, 1.82) is 0 Å². The van der Waals surface area contributed by atoms with E-state index >= 15 is 0 Å². The molecule has 0 spiro atoms. The maximum Gasteiger partial charge on any atom is 0.337 e. The highest BCUT2D eigenvalue weighted by atomic mass is 35.5. The molecule has 7 nitrogen and oxygen atoms in total. The normalized spacial score (nSPS) is 16.9. The summed E-state index contributed by atoms with van der Waals surface area (Å²) >= 11 is 12.4. The van der Waals surface area contributed by atoms with Gasteiger partial charge in [-0.05, 0) is 35.9 Å². The second-order valence-corrected chi connectivity index (χ2v) is 8.43. The van der Waals surface area contributed by atoms with Gasteiger partial charge in [-0.3, -0.25) is 14.5 Å². The molecule has 1 heterocycles. The second kappa shape index (κ2) is 9.82. The fourth-order valence-corrected chi connectivity index (χ4v) is 4.61. The lowest BCUT2D eigenvalue weighted by molar-refractivity contribution is -0.132. The van der Waals surface area contributed by atoms with E-state index in [1.165, 1.54) is 43.4 Å². The minimum Gasteiger partial charge on any atom is -0.507 e. The Morgan fingerprint density at radius 3 is 2.34 bits per heavy atom. The number of nitrogens with zero attached hydrogens (tertiary/aromatic N) is 1. The molecule has 1 N–H and O–H groups in total. The molecule has 0 aliphatic carbocycles. The Morgan fingerprint density at radius 2 is 1.69 bits per heavy atom. The first-order valence-electron chi connectivity index (χ1n) is 10.4. The third-order valence-electron chi connectivity index (χ3n) is 5.57. The van der Waals surface area contributed by atoms with Gasteiger partial charge in [-0.15, -0.1) is 0 Å². The lowest BCUT2D eigenvalue weighted by atomic mass is 9.94. The van der Waals surface area contributed by atoms with Crippen LogP contribution in [0.3, 0.4) is 0 Å². The van der Waals surface area contributed by atoms with Gasteiger partial charge in [0.15, 0.2) is 0 Å². The zero-order valence-electron chi connectivity index (χ0n) is 18.6. The van der Waals surface area contributed by atoms with E-state index in [-0.39, 0.29) is 38.2 Å². The van der Waals surface area contributed by atoms with E-state index in [4.69, 9.17) is 32.7 Å². The van der Waals surface area contributed by atoms with Crippen molar-refractivity contribution >= 4 is 52.3 Å². The highest BCUT2D eigenvalue weighted by Gasteiger charge is 2.47. The van der Waals surface area contributed by atoms with Crippen molar-refractivity contribution in [3.05, 3.63) is 99.0 Å². The minimum atomic E-state index is -1.01. The first-order chi connectivity index (χ1) is 16.8. The summed E-state index contributed by atoms with van der Waals surface area (Å²) in [4.78, 5) is 40.0. The average Bonchev–Trinajstić information content (AvgIpc) is 3.13. The highest BCUT2D eigenvalue weighted by Crippen LogP contribution is 2.45. The molecule has 1 atom stereocenters. The summed E-state index contributed by atoms with van der Waals surface area (Å²) in [5, 5.41) is 11.7. The molecule has 0 radical (unpaired) electrons. The Bertz CT molecular complexity index is 1370. The third kappa shape index (κ3) is 4.36. The zero-order chi connectivity index (χ0) is 25.3. The number of carbonyl (C=O) groups excluding carboxylic acids is 3. The predicted octanol–water partition coefficient (Wildman–Crippen LogP) is 5.41. The van der Waals surface area contributed by atoms with Crippen molar-refractivity contribution in [3.8, 4) is 5.75 Å². The number of ether oxygens (including phenoxy) is 2. The number of hydrogen-bond acceptors (Lipinski definition) is 6. The van der Waals surface area contributed by atoms with Crippen molar-refractivity contribution < 1.29 is 29.0 Å². The molecule has 3 aromatic rings. The van der Waals surface area contributed by atoms with Gasteiger partial charge in [0.2, 0.25) is 0 Å². The summed E-state index contributed by atoms with van der Waals surface area (Å²) in [5.74, 6) is -2.80. The van der Waals surface area contributed by atoms with Crippen LogP contribution in [0.2, 0.25) is 10.0 Å². The van der Waals surface area contributed by atoms with Crippen LogP contribution in [0, 0.1) is 0 Å². The average molecular weight is 512 g/mol. The molecule has 0 aromatic heterocycles. The van der Waals surface area contributed by atoms with E-state index in [1.54, 1.807) is 42.5 Å². The number of rotatable bonds is 5. The maximum atomic E-state index is 13.3. The number of ketones is 1. The predicted molar refractivity (Wildman–Crippen MR) is 132 cm³/mol. The van der Waals surface area contributed by atoms with Crippen LogP contribution in [0.5, 0.6) is 5.75 Å². The molecular weight excluding hydrogens is 493 g/mol. The Balaban J connectivity index is 1.98. The lowest BCUT2D eigenvalue weighted by Gasteiger charge is -2.26. The number of anilines is 1. The maximum absolute atomic E-state index is 13.3. The molecule has 1 amide bonds. The molecular formula is C26H19Cl2NO6. The van der Waals surface area contributed by atoms with Gasteiger partial charge >= 0.3 is 5.97 Å². The molecule has 1 aliphatic rings. The minimum absolute atomic E-state index is 0.0623. The van der Waals surface area contributed by atoms with Crippen LogP contribution in [-0.4, -0.2) is 37.0 Å². The van der Waals surface area contributed by atoms with Gasteiger partial charge in [0.05, 0.1) is 42.0 Å². The Morgan fingerprint density at radius 1 is 0.971 bits per heavy atom. The summed E-state index contributed by atoms with van der Waals surface area (Å²) in [7, 11) is 2.60. The first-order valence-corrected chi connectivity index (χ1v) is 11.1. The fourth-order valence-electron chi connectivity index (χ4n) is 4.04. The summed E-state index contributed by atoms with van der Waals surface area (Å²) < 4.78 is 10.1. The van der Waals surface area contributed by atoms with Gasteiger partial charge in [-0.1, -0.05) is 59.6 Å². The number of esters is 1. The molecule has 1 saturated heterocycles. The SMILES string of the molecule is COC(=O)c1cccc(N2C(=O)C(=O)/C(=C(/O)c3cc(Cl)cc(Cl)c3OC)C2c2ccccc2)c1. The van der Waals surface area contributed by atoms with Gasteiger partial charge in [0, 0.05) is 10.7 Å². The first kappa shape index (κ1) is 24.3. The molecule has 178 valence electrons. The highest BCUT2D eigenvalue weighted by molar-refractivity contribution is 6.52. The van der Waals surface area contributed by atoms with Gasteiger partial charge in [-0.25, -0.2) is 4.79 Å². The number of benzene rings is 3. The third-order valence-corrected chi connectivity index (χ3v) is 6.07. The summed E-state index contributed by atoms with van der Waals surface area (Å²) in [5.41, 5.74) is 0.915. The number of aliphatic hydroxyl groups is 1. The monoisotopic (exact) mass is 511 g/mol. The Hall–Kier alpha value is -3.81. The Labute approximate surface area is 211 Å². The summed E-state index contributed by atoms with van der Waals surface area (Å²) in [6.45, 7) is 0. The molecule has 1 fully saturated rings. The molecule has 9 heteroatoms. The molecule has 4 rings (SSSR count). The number of carbonyl (C=O) groups is 3. The van der Waals surface area contributed by atoms with Crippen LogP contribution in [-0.2, 0) is 14.3 Å². The van der Waals surface area contributed by atoms with Gasteiger partial charge in [0.1, 0.15) is 11.5 Å². The molecule has 0 saturated carbocycles. The number of amides is 1. The number of hydrogen-bond donors (Lipinski definition) is 1. The standard InChI is InChI=1S/C26H19Cl2NO6/c1-34-24-18(12-16(27)13-19(24)28)22(30)20-21(14-7-4-3-5-8-14)29(25(32)23(20)31)17-10-6-9-15(11-17)26(33)35-2/h3-13,21,30H,1-2H3/b22-20+. The van der Waals surface area contributed by atoms with Crippen LogP contribution in [0.1, 0.15) is 27.5 Å². The van der Waals surface area contributed by atoms with E-state index in [2.05, 4.69) is 0 Å². The van der Waals surface area contributed by atoms with Crippen LogP contribution < -0.4 is 9.64 Å². The van der Waals surface area contributed by atoms with Gasteiger partial charge in [-0.2, -0.15) is 0 Å². The molecule has 1 aliphatic heterocycles. The Kier molecular flexibility index (Phi) is 6.82. The van der Waals surface area contributed by atoms with E-state index in [0.717, 1.165) is 0 Å². The van der Waals surface area contributed by atoms with Crippen LogP contribution >= 0.6 is 23.2 Å². The molecule has 35 heavy (non-hydrogen) atoms. The van der Waals surface area contributed by atoms with Gasteiger partial charge < -0.3 is 14.6 Å².